The van der Waals surface area contributed by atoms with Gasteiger partial charge >= 0.3 is 0 Å². The Morgan fingerprint density at radius 1 is 1.25 bits per heavy atom. The molecule has 1 amide bonds. The molecule has 0 bridgehead atoms. The highest BCUT2D eigenvalue weighted by Crippen LogP contribution is 2.22. The van der Waals surface area contributed by atoms with Crippen LogP contribution in [0.1, 0.15) is 10.6 Å². The van der Waals surface area contributed by atoms with Crippen molar-refractivity contribution in [2.45, 2.75) is 0 Å². The van der Waals surface area contributed by atoms with Crippen molar-refractivity contribution in [2.24, 2.45) is 0 Å². The maximum atomic E-state index is 12.1. The molecule has 2 aromatic heterocycles. The van der Waals surface area contributed by atoms with E-state index < -0.39 is 0 Å². The summed E-state index contributed by atoms with van der Waals surface area (Å²) < 4.78 is 6.19. The number of rotatable bonds is 2. The molecule has 0 radical (unpaired) electrons. The van der Waals surface area contributed by atoms with Gasteiger partial charge in [-0.15, -0.1) is 0 Å². The van der Waals surface area contributed by atoms with Crippen molar-refractivity contribution in [3.8, 4) is 0 Å². The Morgan fingerprint density at radius 2 is 2.10 bits per heavy atom. The van der Waals surface area contributed by atoms with E-state index in [0.717, 1.165) is 5.39 Å². The lowest BCUT2D eigenvalue weighted by molar-refractivity contribution is 0.0998. The lowest BCUT2D eigenvalue weighted by atomic mass is 10.2. The van der Waals surface area contributed by atoms with Gasteiger partial charge in [-0.2, -0.15) is 0 Å². The van der Waals surface area contributed by atoms with Crippen LogP contribution in [0.25, 0.3) is 11.0 Å². The van der Waals surface area contributed by atoms with E-state index in [-0.39, 0.29) is 11.7 Å². The van der Waals surface area contributed by atoms with Gasteiger partial charge in [-0.1, -0.05) is 0 Å². The normalized spacial score (nSPS) is 10.7. The van der Waals surface area contributed by atoms with Gasteiger partial charge in [-0.25, -0.2) is 4.98 Å². The van der Waals surface area contributed by atoms with E-state index in [9.17, 15) is 4.79 Å². The maximum Gasteiger partial charge on any atom is 0.291 e. The zero-order chi connectivity index (χ0) is 14.1. The van der Waals surface area contributed by atoms with Crippen LogP contribution in [0.3, 0.4) is 0 Å². The van der Waals surface area contributed by atoms with E-state index in [1.54, 1.807) is 42.6 Å². The van der Waals surface area contributed by atoms with Crippen molar-refractivity contribution in [3.05, 3.63) is 53.0 Å². The number of hydrogen-bond acceptors (Lipinski definition) is 4. The van der Waals surface area contributed by atoms with E-state index >= 15 is 0 Å². The molecular weight excluding hydrogens is 322 g/mol. The first kappa shape index (κ1) is 12.7. The van der Waals surface area contributed by atoms with Crippen LogP contribution in [-0.4, -0.2) is 10.9 Å². The Kier molecular flexibility index (Phi) is 3.15. The number of nitrogens with one attached hydrogen (secondary N) is 1. The average Bonchev–Trinajstić information content (AvgIpc) is 2.84. The molecule has 6 heteroatoms. The Balaban J connectivity index is 1.86. The number of nitrogen functional groups attached to an aromatic ring is 1. The molecule has 5 nitrogen and oxygen atoms in total. The molecule has 0 spiro atoms. The Morgan fingerprint density at radius 3 is 2.85 bits per heavy atom. The second kappa shape index (κ2) is 4.97. The molecule has 2 heterocycles. The fourth-order valence-corrected chi connectivity index (χ4v) is 2.05. The molecule has 0 saturated heterocycles. The predicted octanol–water partition coefficient (Wildman–Crippen LogP) is 3.42. The molecule has 1 aromatic carbocycles. The molecule has 0 saturated carbocycles. The molecule has 0 unspecified atom stereocenters. The highest BCUT2D eigenvalue weighted by atomic mass is 79.9. The molecule has 3 aromatic rings. The largest absolute Gasteiger partial charge is 0.451 e. The number of pyridine rings is 1. The van der Waals surface area contributed by atoms with Crippen molar-refractivity contribution >= 4 is 44.2 Å². The number of hydrogen-bond donors (Lipinski definition) is 2. The Hall–Kier alpha value is -2.34. The number of amides is 1. The number of benzene rings is 1. The van der Waals surface area contributed by atoms with E-state index in [1.165, 1.54) is 0 Å². The summed E-state index contributed by atoms with van der Waals surface area (Å²) in [6.07, 6.45) is 1.56. The van der Waals surface area contributed by atoms with Crippen LogP contribution in [0, 0.1) is 0 Å². The molecule has 0 aliphatic rings. The number of furan rings is 1. The minimum atomic E-state index is -0.330. The van der Waals surface area contributed by atoms with Crippen molar-refractivity contribution < 1.29 is 9.21 Å². The first-order valence-electron chi connectivity index (χ1n) is 5.84. The predicted molar refractivity (Wildman–Crippen MR) is 80.5 cm³/mol. The average molecular weight is 332 g/mol. The van der Waals surface area contributed by atoms with Crippen LogP contribution < -0.4 is 11.1 Å². The third-order valence-corrected chi connectivity index (χ3v) is 3.22. The van der Waals surface area contributed by atoms with Gasteiger partial charge < -0.3 is 15.5 Å². The van der Waals surface area contributed by atoms with Crippen LogP contribution in [-0.2, 0) is 0 Å². The third kappa shape index (κ3) is 2.50. The van der Waals surface area contributed by atoms with Crippen molar-refractivity contribution in [3.63, 3.8) is 0 Å². The fourth-order valence-electron chi connectivity index (χ4n) is 1.82. The lowest BCUT2D eigenvalue weighted by Crippen LogP contribution is -2.10. The zero-order valence-corrected chi connectivity index (χ0v) is 11.8. The Labute approximate surface area is 122 Å². The number of anilines is 2. The summed E-state index contributed by atoms with van der Waals surface area (Å²) >= 11 is 3.23. The van der Waals surface area contributed by atoms with Crippen LogP contribution in [0.5, 0.6) is 0 Å². The second-order valence-corrected chi connectivity index (χ2v) is 5.04. The summed E-state index contributed by atoms with van der Waals surface area (Å²) in [5, 5.41) is 3.51. The van der Waals surface area contributed by atoms with Crippen LogP contribution >= 0.6 is 15.9 Å². The smallest absolute Gasteiger partial charge is 0.291 e. The number of nitrogens with two attached hydrogens (primary N) is 1. The number of carbonyl (C=O) groups excluding carboxylic acids is 1. The maximum absolute atomic E-state index is 12.1. The zero-order valence-electron chi connectivity index (χ0n) is 10.3. The third-order valence-electron chi connectivity index (χ3n) is 2.75. The van der Waals surface area contributed by atoms with E-state index in [1.807, 2.05) is 0 Å². The fraction of sp³-hybridized carbons (Fsp3) is 0. The number of aromatic nitrogens is 1. The second-order valence-electron chi connectivity index (χ2n) is 4.23. The molecule has 100 valence electrons. The van der Waals surface area contributed by atoms with Crippen LogP contribution in [0.2, 0.25) is 0 Å². The number of nitrogens with zero attached hydrogens (tertiary/aromatic N) is 1. The molecule has 3 rings (SSSR count). The molecule has 0 aliphatic heterocycles. The summed E-state index contributed by atoms with van der Waals surface area (Å²) in [4.78, 5) is 16.1. The highest BCUT2D eigenvalue weighted by Gasteiger charge is 2.12. The molecule has 20 heavy (non-hydrogen) atoms. The van der Waals surface area contributed by atoms with Crippen LogP contribution in [0.4, 0.5) is 11.4 Å². The summed E-state index contributed by atoms with van der Waals surface area (Å²) in [6.45, 7) is 0. The molecule has 0 fully saturated rings. The van der Waals surface area contributed by atoms with Gasteiger partial charge in [-0.05, 0) is 52.3 Å². The lowest BCUT2D eigenvalue weighted by Gasteiger charge is -2.01. The van der Waals surface area contributed by atoms with E-state index in [2.05, 4.69) is 26.2 Å². The summed E-state index contributed by atoms with van der Waals surface area (Å²) in [6, 6.07) is 10.4. The standard InChI is InChI=1S/C14H10BrN3O2/c15-13-4-2-10(7-17-13)18-14(19)12-6-8-5-9(16)1-3-11(8)20-12/h1-7H,16H2,(H,18,19). The van der Waals surface area contributed by atoms with Crippen molar-refractivity contribution in [1.29, 1.82) is 0 Å². The van der Waals surface area contributed by atoms with Gasteiger partial charge in [0, 0.05) is 11.1 Å². The number of fused-ring (bicyclic) bond motifs is 1. The van der Waals surface area contributed by atoms with Crippen LogP contribution in [0.15, 0.2) is 51.6 Å². The summed E-state index contributed by atoms with van der Waals surface area (Å²) in [7, 11) is 0. The minimum Gasteiger partial charge on any atom is -0.451 e. The molecule has 3 N–H and O–H groups in total. The van der Waals surface area contributed by atoms with Gasteiger partial charge in [0.2, 0.25) is 0 Å². The van der Waals surface area contributed by atoms with E-state index in [0.29, 0.717) is 21.6 Å². The van der Waals surface area contributed by atoms with E-state index in [4.69, 9.17) is 10.2 Å². The van der Waals surface area contributed by atoms with Crippen molar-refractivity contribution in [1.82, 2.24) is 4.98 Å². The molecule has 0 atom stereocenters. The van der Waals surface area contributed by atoms with Gasteiger partial charge in [0.1, 0.15) is 10.2 Å². The number of carbonyl (C=O) groups is 1. The molecular formula is C14H10BrN3O2. The SMILES string of the molecule is Nc1ccc2oc(C(=O)Nc3ccc(Br)nc3)cc2c1. The first-order valence-corrected chi connectivity index (χ1v) is 6.63. The summed E-state index contributed by atoms with van der Waals surface area (Å²) in [5.41, 5.74) is 7.54. The monoisotopic (exact) mass is 331 g/mol. The quantitative estimate of drug-likeness (QED) is 0.556. The van der Waals surface area contributed by atoms with Gasteiger partial charge in [0.15, 0.2) is 5.76 Å². The highest BCUT2D eigenvalue weighted by molar-refractivity contribution is 9.10. The van der Waals surface area contributed by atoms with Gasteiger partial charge in [0.05, 0.1) is 11.9 Å². The summed E-state index contributed by atoms with van der Waals surface area (Å²) in [5.74, 6) is -0.0996. The van der Waals surface area contributed by atoms with Gasteiger partial charge in [0.25, 0.3) is 5.91 Å². The first-order chi connectivity index (χ1) is 9.61. The minimum absolute atomic E-state index is 0.230. The number of halogens is 1. The Bertz CT molecular complexity index is 781. The molecule has 0 aliphatic carbocycles. The topological polar surface area (TPSA) is 81.1 Å². The van der Waals surface area contributed by atoms with Gasteiger partial charge in [-0.3, -0.25) is 4.79 Å². The van der Waals surface area contributed by atoms with Crippen molar-refractivity contribution in [2.75, 3.05) is 11.1 Å².